The van der Waals surface area contributed by atoms with E-state index in [0.717, 1.165) is 23.5 Å². The summed E-state index contributed by atoms with van der Waals surface area (Å²) in [5.41, 5.74) is 0.217. The maximum absolute atomic E-state index is 13.5. The minimum absolute atomic E-state index is 0.217. The lowest BCUT2D eigenvalue weighted by atomic mass is 10.2. The van der Waals surface area contributed by atoms with E-state index in [9.17, 15) is 9.36 Å². The number of unbranched alkanes of at least 4 members (excludes halogenated alkanes) is 1. The van der Waals surface area contributed by atoms with Gasteiger partial charge in [-0.1, -0.05) is 55.8 Å². The molecule has 110 valence electrons. The van der Waals surface area contributed by atoms with Crippen LogP contribution in [-0.2, 0) is 4.57 Å². The Morgan fingerprint density at radius 3 is 2.10 bits per heavy atom. The van der Waals surface area contributed by atoms with E-state index in [1.165, 1.54) is 12.1 Å². The van der Waals surface area contributed by atoms with E-state index in [4.69, 9.17) is 5.11 Å². The number of carboxylic acid groups (broad SMARTS) is 1. The predicted octanol–water partition coefficient (Wildman–Crippen LogP) is 3.50. The van der Waals surface area contributed by atoms with Crippen molar-refractivity contribution in [2.24, 2.45) is 0 Å². The Kier molecular flexibility index (Phi) is 4.98. The molecule has 2 aromatic rings. The molecule has 1 atom stereocenters. The van der Waals surface area contributed by atoms with E-state index in [0.29, 0.717) is 6.16 Å². The summed E-state index contributed by atoms with van der Waals surface area (Å²) in [5.74, 6) is -0.968. The number of aromatic carboxylic acids is 1. The Bertz CT molecular complexity index is 647. The van der Waals surface area contributed by atoms with E-state index in [1.807, 2.05) is 30.3 Å². The van der Waals surface area contributed by atoms with Crippen molar-refractivity contribution in [3.05, 3.63) is 60.2 Å². The van der Waals surface area contributed by atoms with Gasteiger partial charge in [-0.3, -0.25) is 0 Å². The van der Waals surface area contributed by atoms with Crippen molar-refractivity contribution in [1.29, 1.82) is 0 Å². The van der Waals surface area contributed by atoms with Crippen LogP contribution in [-0.4, -0.2) is 17.2 Å². The monoisotopic (exact) mass is 302 g/mol. The molecular formula is C17H19O3P. The lowest BCUT2D eigenvalue weighted by Gasteiger charge is -2.19. The van der Waals surface area contributed by atoms with Crippen LogP contribution in [0.15, 0.2) is 54.6 Å². The highest BCUT2D eigenvalue weighted by molar-refractivity contribution is 7.78. The van der Waals surface area contributed by atoms with Crippen LogP contribution >= 0.6 is 7.14 Å². The Morgan fingerprint density at radius 2 is 1.57 bits per heavy atom. The summed E-state index contributed by atoms with van der Waals surface area (Å²) in [7, 11) is -2.68. The molecule has 0 bridgehead atoms. The molecule has 0 radical (unpaired) electrons. The smallest absolute Gasteiger partial charge is 0.335 e. The zero-order valence-electron chi connectivity index (χ0n) is 12.0. The van der Waals surface area contributed by atoms with Gasteiger partial charge in [-0.15, -0.1) is 0 Å². The lowest BCUT2D eigenvalue weighted by molar-refractivity contribution is 0.0697. The molecule has 2 rings (SSSR count). The van der Waals surface area contributed by atoms with Crippen LogP contribution in [0.1, 0.15) is 30.1 Å². The maximum atomic E-state index is 13.5. The van der Waals surface area contributed by atoms with Crippen LogP contribution in [0.25, 0.3) is 0 Å². The van der Waals surface area contributed by atoms with Crippen molar-refractivity contribution < 1.29 is 14.5 Å². The first-order valence-electron chi connectivity index (χ1n) is 7.06. The van der Waals surface area contributed by atoms with Crippen molar-refractivity contribution in [1.82, 2.24) is 0 Å². The molecule has 4 heteroatoms. The molecule has 0 spiro atoms. The first-order chi connectivity index (χ1) is 10.1. The van der Waals surface area contributed by atoms with Gasteiger partial charge >= 0.3 is 5.97 Å². The standard InChI is InChI=1S/C17H19O3P/c1-2-3-13-21(20,15-7-5-4-6-8-15)16-11-9-14(10-12-16)17(18)19/h4-12H,2-3,13H2,1H3,(H,18,19). The summed E-state index contributed by atoms with van der Waals surface area (Å²) in [4.78, 5) is 10.9. The van der Waals surface area contributed by atoms with E-state index in [-0.39, 0.29) is 5.56 Å². The molecule has 0 amide bonds. The largest absolute Gasteiger partial charge is 0.478 e. The molecule has 1 N–H and O–H groups in total. The Labute approximate surface area is 125 Å². The van der Waals surface area contributed by atoms with Gasteiger partial charge in [0.1, 0.15) is 7.14 Å². The van der Waals surface area contributed by atoms with Crippen molar-refractivity contribution in [3.63, 3.8) is 0 Å². The van der Waals surface area contributed by atoms with Gasteiger partial charge in [0.25, 0.3) is 0 Å². The fraction of sp³-hybridized carbons (Fsp3) is 0.235. The topological polar surface area (TPSA) is 54.4 Å². The summed E-state index contributed by atoms with van der Waals surface area (Å²) < 4.78 is 13.5. The number of benzene rings is 2. The van der Waals surface area contributed by atoms with E-state index in [2.05, 4.69) is 6.92 Å². The van der Waals surface area contributed by atoms with Crippen molar-refractivity contribution >= 4 is 23.7 Å². The normalized spacial score (nSPS) is 13.6. The molecule has 0 fully saturated rings. The minimum Gasteiger partial charge on any atom is -0.478 e. The number of carboxylic acids is 1. The molecule has 0 aliphatic rings. The molecule has 21 heavy (non-hydrogen) atoms. The van der Waals surface area contributed by atoms with E-state index in [1.54, 1.807) is 12.1 Å². The third-order valence-corrected chi connectivity index (χ3v) is 6.74. The molecule has 0 saturated heterocycles. The van der Waals surface area contributed by atoms with Gasteiger partial charge in [-0.2, -0.15) is 0 Å². The molecule has 1 unspecified atom stereocenters. The van der Waals surface area contributed by atoms with Gasteiger partial charge in [-0.25, -0.2) is 4.79 Å². The van der Waals surface area contributed by atoms with Gasteiger partial charge in [0.2, 0.25) is 0 Å². The average molecular weight is 302 g/mol. The number of hydrogen-bond donors (Lipinski definition) is 1. The highest BCUT2D eigenvalue weighted by Crippen LogP contribution is 2.44. The fourth-order valence-corrected chi connectivity index (χ4v) is 5.16. The quantitative estimate of drug-likeness (QED) is 0.831. The molecule has 0 heterocycles. The van der Waals surface area contributed by atoms with Crippen molar-refractivity contribution in [2.75, 3.05) is 6.16 Å². The third-order valence-electron chi connectivity index (χ3n) is 3.53. The van der Waals surface area contributed by atoms with Crippen molar-refractivity contribution in [3.8, 4) is 0 Å². The summed E-state index contributed by atoms with van der Waals surface area (Å²) >= 11 is 0. The minimum atomic E-state index is -2.68. The Hall–Kier alpha value is -1.86. The molecule has 3 nitrogen and oxygen atoms in total. The average Bonchev–Trinajstić information content (AvgIpc) is 2.53. The molecule has 0 aliphatic carbocycles. The first kappa shape index (κ1) is 15.5. The number of rotatable bonds is 6. The van der Waals surface area contributed by atoms with Crippen molar-refractivity contribution in [2.45, 2.75) is 19.8 Å². The lowest BCUT2D eigenvalue weighted by Crippen LogP contribution is -2.19. The molecule has 2 aromatic carbocycles. The van der Waals surface area contributed by atoms with Gasteiger partial charge in [0.05, 0.1) is 5.56 Å². The zero-order valence-corrected chi connectivity index (χ0v) is 12.9. The Morgan fingerprint density at radius 1 is 1.00 bits per heavy atom. The Balaban J connectivity index is 2.45. The van der Waals surface area contributed by atoms with Crippen LogP contribution < -0.4 is 10.6 Å². The highest BCUT2D eigenvalue weighted by atomic mass is 31.2. The fourth-order valence-electron chi connectivity index (χ4n) is 2.30. The second-order valence-corrected chi connectivity index (χ2v) is 7.96. The van der Waals surface area contributed by atoms with Gasteiger partial charge in [0.15, 0.2) is 0 Å². The predicted molar refractivity (Wildman–Crippen MR) is 86.5 cm³/mol. The zero-order chi connectivity index (χ0) is 15.3. The molecular weight excluding hydrogens is 283 g/mol. The molecule has 0 aromatic heterocycles. The molecule has 0 aliphatic heterocycles. The second kappa shape index (κ2) is 6.73. The summed E-state index contributed by atoms with van der Waals surface area (Å²) in [6.07, 6.45) is 2.47. The van der Waals surface area contributed by atoms with E-state index >= 15 is 0 Å². The van der Waals surface area contributed by atoms with Gasteiger partial charge in [-0.05, 0) is 18.6 Å². The summed E-state index contributed by atoms with van der Waals surface area (Å²) in [6.45, 7) is 2.07. The highest BCUT2D eigenvalue weighted by Gasteiger charge is 2.26. The van der Waals surface area contributed by atoms with Gasteiger partial charge < -0.3 is 9.67 Å². The first-order valence-corrected chi connectivity index (χ1v) is 8.95. The van der Waals surface area contributed by atoms with Crippen LogP contribution in [0.2, 0.25) is 0 Å². The second-order valence-electron chi connectivity index (χ2n) is 5.00. The number of carbonyl (C=O) groups is 1. The summed E-state index contributed by atoms with van der Waals surface area (Å²) in [6, 6.07) is 15.9. The van der Waals surface area contributed by atoms with Crippen LogP contribution in [0.3, 0.4) is 0 Å². The molecule has 0 saturated carbocycles. The number of hydrogen-bond acceptors (Lipinski definition) is 2. The van der Waals surface area contributed by atoms with Crippen LogP contribution in [0.4, 0.5) is 0 Å². The summed E-state index contributed by atoms with van der Waals surface area (Å²) in [5, 5.41) is 10.5. The SMILES string of the molecule is CCCCP(=O)(c1ccccc1)c1ccc(C(=O)O)cc1. The third kappa shape index (κ3) is 3.43. The van der Waals surface area contributed by atoms with Crippen LogP contribution in [0, 0.1) is 0 Å². The van der Waals surface area contributed by atoms with E-state index < -0.39 is 13.1 Å². The maximum Gasteiger partial charge on any atom is 0.335 e. The van der Waals surface area contributed by atoms with Gasteiger partial charge in [0, 0.05) is 16.8 Å². The van der Waals surface area contributed by atoms with Crippen LogP contribution in [0.5, 0.6) is 0 Å².